The molecule has 1 aliphatic heterocycles. The van der Waals surface area contributed by atoms with Gasteiger partial charge in [0.05, 0.1) is 0 Å². The molecule has 1 aromatic rings. The molecule has 0 spiro atoms. The summed E-state index contributed by atoms with van der Waals surface area (Å²) in [5, 5.41) is 3.49. The van der Waals surface area contributed by atoms with Gasteiger partial charge in [0, 0.05) is 22.2 Å². The highest BCUT2D eigenvalue weighted by Gasteiger charge is 2.22. The number of rotatable bonds is 3. The van der Waals surface area contributed by atoms with Crippen molar-refractivity contribution in [2.75, 3.05) is 20.1 Å². The lowest BCUT2D eigenvalue weighted by atomic mass is 10.0. The van der Waals surface area contributed by atoms with E-state index in [2.05, 4.69) is 71.0 Å². The fraction of sp³-hybridized carbons (Fsp3) is 0.571. The summed E-state index contributed by atoms with van der Waals surface area (Å²) in [6.45, 7) is 4.62. The van der Waals surface area contributed by atoms with Gasteiger partial charge in [-0.05, 0) is 73.6 Å². The van der Waals surface area contributed by atoms with Crippen LogP contribution < -0.4 is 5.32 Å². The van der Waals surface area contributed by atoms with Gasteiger partial charge < -0.3 is 5.32 Å². The van der Waals surface area contributed by atoms with E-state index in [9.17, 15) is 0 Å². The van der Waals surface area contributed by atoms with Crippen LogP contribution in [-0.2, 0) is 0 Å². The van der Waals surface area contributed by atoms with Crippen molar-refractivity contribution < 1.29 is 0 Å². The lowest BCUT2D eigenvalue weighted by molar-refractivity contribution is 0.156. The van der Waals surface area contributed by atoms with Crippen molar-refractivity contribution in [3.05, 3.63) is 33.4 Å². The summed E-state index contributed by atoms with van der Waals surface area (Å²) in [6, 6.07) is 10.1. The molecule has 0 saturated carbocycles. The largest absolute Gasteiger partial charge is 0.315 e. The second-order valence-electron chi connectivity index (χ2n) is 4.89. The molecule has 1 N–H and O–H groups in total. The summed E-state index contributed by atoms with van der Waals surface area (Å²) < 4.78 is 1.31. The van der Waals surface area contributed by atoms with Crippen molar-refractivity contribution in [1.82, 2.24) is 10.2 Å². The van der Waals surface area contributed by atoms with Gasteiger partial charge in [0.2, 0.25) is 0 Å². The maximum absolute atomic E-state index is 3.49. The number of nitrogens with zero attached hydrogens (tertiary/aromatic N) is 1. The molecule has 1 aromatic carbocycles. The molecule has 1 saturated heterocycles. The molecule has 1 aliphatic rings. The van der Waals surface area contributed by atoms with Gasteiger partial charge in [-0.1, -0.05) is 12.1 Å². The standard InChI is InChI=1S/C14H21IN2/c1-11(12-5-7-13(15)8-6-12)17(2)14-4-3-9-16-10-14/h5-8,11,14,16H,3-4,9-10H2,1-2H3. The molecule has 1 fully saturated rings. The minimum Gasteiger partial charge on any atom is -0.315 e. The van der Waals surface area contributed by atoms with Gasteiger partial charge in [0.25, 0.3) is 0 Å². The Bertz CT molecular complexity index is 344. The Morgan fingerprint density at radius 1 is 1.35 bits per heavy atom. The van der Waals surface area contributed by atoms with E-state index < -0.39 is 0 Å². The van der Waals surface area contributed by atoms with Crippen molar-refractivity contribution in [1.29, 1.82) is 0 Å². The predicted octanol–water partition coefficient (Wildman–Crippen LogP) is 3.04. The van der Waals surface area contributed by atoms with E-state index in [1.807, 2.05) is 0 Å². The minimum atomic E-state index is 0.497. The summed E-state index contributed by atoms with van der Waals surface area (Å²) in [6.07, 6.45) is 2.62. The number of benzene rings is 1. The van der Waals surface area contributed by atoms with E-state index in [-0.39, 0.29) is 0 Å². The number of hydrogen-bond acceptors (Lipinski definition) is 2. The number of nitrogens with one attached hydrogen (secondary N) is 1. The quantitative estimate of drug-likeness (QED) is 0.848. The van der Waals surface area contributed by atoms with Crippen LogP contribution in [0.25, 0.3) is 0 Å². The van der Waals surface area contributed by atoms with Crippen LogP contribution >= 0.6 is 22.6 Å². The molecular weight excluding hydrogens is 323 g/mol. The van der Waals surface area contributed by atoms with Gasteiger partial charge in [-0.15, -0.1) is 0 Å². The second kappa shape index (κ2) is 6.16. The zero-order chi connectivity index (χ0) is 12.3. The van der Waals surface area contributed by atoms with Crippen LogP contribution in [0.1, 0.15) is 31.4 Å². The van der Waals surface area contributed by atoms with Crippen LogP contribution in [0, 0.1) is 3.57 Å². The summed E-state index contributed by atoms with van der Waals surface area (Å²) >= 11 is 2.36. The highest BCUT2D eigenvalue weighted by Crippen LogP contribution is 2.23. The Hall–Kier alpha value is -0.130. The smallest absolute Gasteiger partial charge is 0.0320 e. The predicted molar refractivity (Wildman–Crippen MR) is 81.2 cm³/mol. The molecule has 0 bridgehead atoms. The molecule has 3 heteroatoms. The normalized spacial score (nSPS) is 22.7. The Balaban J connectivity index is 2.02. The number of hydrogen-bond donors (Lipinski definition) is 1. The van der Waals surface area contributed by atoms with E-state index in [0.717, 1.165) is 6.54 Å². The first-order valence-corrected chi connectivity index (χ1v) is 7.44. The lowest BCUT2D eigenvalue weighted by Gasteiger charge is -2.36. The maximum Gasteiger partial charge on any atom is 0.0320 e. The third kappa shape index (κ3) is 3.42. The highest BCUT2D eigenvalue weighted by molar-refractivity contribution is 14.1. The SMILES string of the molecule is CC(c1ccc(I)cc1)N(C)C1CCCNC1. The molecule has 17 heavy (non-hydrogen) atoms. The molecular formula is C14H21IN2. The first-order valence-electron chi connectivity index (χ1n) is 6.36. The average Bonchev–Trinajstić information content (AvgIpc) is 2.39. The molecule has 2 unspecified atom stereocenters. The van der Waals surface area contributed by atoms with Crippen LogP contribution in [0.3, 0.4) is 0 Å². The van der Waals surface area contributed by atoms with E-state index in [4.69, 9.17) is 0 Å². The molecule has 2 nitrogen and oxygen atoms in total. The number of piperidine rings is 1. The molecule has 94 valence electrons. The number of likely N-dealkylation sites (N-methyl/N-ethyl adjacent to an activating group) is 1. The summed E-state index contributed by atoms with van der Waals surface area (Å²) in [4.78, 5) is 2.51. The van der Waals surface area contributed by atoms with E-state index in [1.165, 1.54) is 28.5 Å². The summed E-state index contributed by atoms with van der Waals surface area (Å²) in [5.41, 5.74) is 1.42. The third-order valence-corrected chi connectivity index (χ3v) is 4.53. The zero-order valence-electron chi connectivity index (χ0n) is 10.6. The van der Waals surface area contributed by atoms with Crippen LogP contribution in [0.15, 0.2) is 24.3 Å². The van der Waals surface area contributed by atoms with Crippen LogP contribution in [0.4, 0.5) is 0 Å². The third-order valence-electron chi connectivity index (χ3n) is 3.81. The molecule has 0 radical (unpaired) electrons. The maximum atomic E-state index is 3.49. The van der Waals surface area contributed by atoms with Crippen molar-refractivity contribution in [3.63, 3.8) is 0 Å². The fourth-order valence-electron chi connectivity index (χ4n) is 2.47. The molecule has 0 amide bonds. The summed E-state index contributed by atoms with van der Waals surface area (Å²) in [5.74, 6) is 0. The minimum absolute atomic E-state index is 0.497. The van der Waals surface area contributed by atoms with Crippen LogP contribution in [0.5, 0.6) is 0 Å². The zero-order valence-corrected chi connectivity index (χ0v) is 12.8. The Kier molecular flexibility index (Phi) is 4.82. The van der Waals surface area contributed by atoms with E-state index in [0.29, 0.717) is 12.1 Å². The van der Waals surface area contributed by atoms with Crippen molar-refractivity contribution in [3.8, 4) is 0 Å². The number of halogens is 1. The van der Waals surface area contributed by atoms with Crippen LogP contribution in [-0.4, -0.2) is 31.1 Å². The van der Waals surface area contributed by atoms with Gasteiger partial charge >= 0.3 is 0 Å². The first kappa shape index (κ1) is 13.3. The van der Waals surface area contributed by atoms with Crippen molar-refractivity contribution >= 4 is 22.6 Å². The van der Waals surface area contributed by atoms with Gasteiger partial charge in [0.1, 0.15) is 0 Å². The Labute approximate surface area is 118 Å². The monoisotopic (exact) mass is 344 g/mol. The fourth-order valence-corrected chi connectivity index (χ4v) is 2.83. The van der Waals surface area contributed by atoms with Crippen molar-refractivity contribution in [2.24, 2.45) is 0 Å². The molecule has 1 heterocycles. The second-order valence-corrected chi connectivity index (χ2v) is 6.14. The first-order chi connectivity index (χ1) is 8.18. The van der Waals surface area contributed by atoms with Gasteiger partial charge in [-0.2, -0.15) is 0 Å². The van der Waals surface area contributed by atoms with Gasteiger partial charge in [0.15, 0.2) is 0 Å². The highest BCUT2D eigenvalue weighted by atomic mass is 127. The summed E-state index contributed by atoms with van der Waals surface area (Å²) in [7, 11) is 2.25. The van der Waals surface area contributed by atoms with Crippen LogP contribution in [0.2, 0.25) is 0 Å². The van der Waals surface area contributed by atoms with E-state index in [1.54, 1.807) is 0 Å². The Morgan fingerprint density at radius 2 is 2.06 bits per heavy atom. The molecule has 0 aliphatic carbocycles. The van der Waals surface area contributed by atoms with E-state index >= 15 is 0 Å². The van der Waals surface area contributed by atoms with Crippen molar-refractivity contribution in [2.45, 2.75) is 31.8 Å². The molecule has 2 rings (SSSR count). The molecule has 0 aromatic heterocycles. The van der Waals surface area contributed by atoms with Gasteiger partial charge in [-0.3, -0.25) is 4.90 Å². The molecule has 2 atom stereocenters. The topological polar surface area (TPSA) is 15.3 Å². The Morgan fingerprint density at radius 3 is 2.65 bits per heavy atom. The lowest BCUT2D eigenvalue weighted by Crippen LogP contribution is -2.45. The van der Waals surface area contributed by atoms with Gasteiger partial charge in [-0.25, -0.2) is 0 Å². The average molecular weight is 344 g/mol.